The van der Waals surface area contributed by atoms with Crippen molar-refractivity contribution in [1.82, 2.24) is 14.8 Å². The second-order valence-electron chi connectivity index (χ2n) is 12.6. The van der Waals surface area contributed by atoms with Gasteiger partial charge in [0.05, 0.1) is 11.2 Å². The zero-order valence-corrected chi connectivity index (χ0v) is 24.9. The number of halogens is 1. The SMILES string of the molecule is [C-]#[N+]C[C@H]1CN(c2c(C#N)c(OC[C@@H]3C[C@@H](F)CN3C)nc3cc(-c4cccc5c4C4CC4C5)ccc23)CCN1C(=O)C=C. The zero-order chi connectivity index (χ0) is 30.5. The van der Waals surface area contributed by atoms with Gasteiger partial charge in [-0.2, -0.15) is 5.26 Å². The van der Waals surface area contributed by atoms with Gasteiger partial charge in [-0.3, -0.25) is 9.69 Å². The number of pyridine rings is 1. The van der Waals surface area contributed by atoms with Crippen LogP contribution in [0.1, 0.15) is 35.4 Å². The lowest BCUT2D eigenvalue weighted by Crippen LogP contribution is -2.56. The van der Waals surface area contributed by atoms with E-state index in [9.17, 15) is 14.4 Å². The summed E-state index contributed by atoms with van der Waals surface area (Å²) in [6.07, 6.45) is 3.16. The maximum absolute atomic E-state index is 14.1. The fourth-order valence-corrected chi connectivity index (χ4v) is 7.63. The zero-order valence-electron chi connectivity index (χ0n) is 24.9. The molecular weight excluding hydrogens is 555 g/mol. The van der Waals surface area contributed by atoms with E-state index in [1.54, 1.807) is 4.90 Å². The van der Waals surface area contributed by atoms with E-state index in [1.807, 2.05) is 18.0 Å². The molecule has 2 unspecified atom stereocenters. The molecule has 2 aliphatic carbocycles. The molecule has 2 aromatic carbocycles. The van der Waals surface area contributed by atoms with Gasteiger partial charge < -0.3 is 19.4 Å². The van der Waals surface area contributed by atoms with E-state index in [1.165, 1.54) is 29.2 Å². The quantitative estimate of drug-likeness (QED) is 0.286. The summed E-state index contributed by atoms with van der Waals surface area (Å²) in [5.74, 6) is 1.43. The fourth-order valence-electron chi connectivity index (χ4n) is 7.63. The summed E-state index contributed by atoms with van der Waals surface area (Å²) in [6.45, 7) is 13.1. The van der Waals surface area contributed by atoms with Crippen LogP contribution in [-0.4, -0.2) is 85.3 Å². The molecule has 8 nitrogen and oxygen atoms in total. The highest BCUT2D eigenvalue weighted by atomic mass is 19.1. The lowest BCUT2D eigenvalue weighted by Gasteiger charge is -2.40. The van der Waals surface area contributed by atoms with Gasteiger partial charge in [0.2, 0.25) is 18.3 Å². The smallest absolute Gasteiger partial charge is 0.246 e. The minimum absolute atomic E-state index is 0.112. The first-order valence-corrected chi connectivity index (χ1v) is 15.4. The number of likely N-dealkylation sites (tertiary alicyclic amines) is 1. The number of piperazine rings is 1. The number of aromatic nitrogens is 1. The van der Waals surface area contributed by atoms with E-state index in [0.717, 1.165) is 23.3 Å². The van der Waals surface area contributed by atoms with E-state index in [2.05, 4.69) is 52.7 Å². The number of fused-ring (bicyclic) bond motifs is 4. The molecule has 0 spiro atoms. The molecule has 1 amide bonds. The predicted molar refractivity (Wildman–Crippen MR) is 167 cm³/mol. The number of carbonyl (C=O) groups excluding carboxylic acids is 1. The molecule has 5 atom stereocenters. The molecule has 9 heteroatoms. The van der Waals surface area contributed by atoms with Gasteiger partial charge in [-0.05, 0) is 72.5 Å². The van der Waals surface area contributed by atoms with Crippen molar-refractivity contribution in [3.8, 4) is 23.1 Å². The van der Waals surface area contributed by atoms with Crippen molar-refractivity contribution in [1.29, 1.82) is 5.26 Å². The van der Waals surface area contributed by atoms with Crippen molar-refractivity contribution in [3.63, 3.8) is 0 Å². The third-order valence-electron chi connectivity index (χ3n) is 9.93. The number of rotatable bonds is 7. The van der Waals surface area contributed by atoms with E-state index in [0.29, 0.717) is 55.3 Å². The molecule has 3 fully saturated rings. The van der Waals surface area contributed by atoms with E-state index < -0.39 is 6.17 Å². The number of ether oxygens (including phenoxy) is 1. The number of nitriles is 1. The fraction of sp³-hybridized carbons (Fsp3) is 0.429. The van der Waals surface area contributed by atoms with Gasteiger partial charge in [0.25, 0.3) is 0 Å². The van der Waals surface area contributed by atoms with E-state index >= 15 is 0 Å². The van der Waals surface area contributed by atoms with E-state index in [-0.39, 0.29) is 37.0 Å². The average Bonchev–Trinajstić information content (AvgIpc) is 3.58. The summed E-state index contributed by atoms with van der Waals surface area (Å²) in [7, 11) is 1.88. The number of nitrogens with zero attached hydrogens (tertiary/aromatic N) is 6. The number of amides is 1. The van der Waals surface area contributed by atoms with Crippen LogP contribution in [0.4, 0.5) is 10.1 Å². The second kappa shape index (κ2) is 11.2. The highest BCUT2D eigenvalue weighted by Crippen LogP contribution is 2.58. The molecule has 3 aromatic rings. The third kappa shape index (κ3) is 4.86. The number of hydrogen-bond acceptors (Lipinski definition) is 6. The Hall–Kier alpha value is -4.47. The van der Waals surface area contributed by atoms with E-state index in [4.69, 9.17) is 16.3 Å². The molecule has 2 saturated heterocycles. The Labute approximate surface area is 257 Å². The van der Waals surface area contributed by atoms with Gasteiger partial charge in [0, 0.05) is 37.6 Å². The number of alkyl halides is 1. The molecular formula is C35H35FN6O2. The Bertz CT molecular complexity index is 1740. The van der Waals surface area contributed by atoms with Crippen LogP contribution in [0.15, 0.2) is 49.1 Å². The summed E-state index contributed by atoms with van der Waals surface area (Å²) in [5.41, 5.74) is 6.93. The van der Waals surface area contributed by atoms with Gasteiger partial charge in [0.1, 0.15) is 30.5 Å². The monoisotopic (exact) mass is 590 g/mol. The third-order valence-corrected chi connectivity index (χ3v) is 9.93. The summed E-state index contributed by atoms with van der Waals surface area (Å²) >= 11 is 0. The van der Waals surface area contributed by atoms with Crippen molar-refractivity contribution in [3.05, 3.63) is 77.2 Å². The first kappa shape index (κ1) is 28.3. The Morgan fingerprint density at radius 2 is 2.11 bits per heavy atom. The van der Waals surface area contributed by atoms with Crippen LogP contribution in [-0.2, 0) is 11.2 Å². The summed E-state index contributed by atoms with van der Waals surface area (Å²) in [6, 6.07) is 14.7. The lowest BCUT2D eigenvalue weighted by atomic mass is 9.93. The number of hydrogen-bond donors (Lipinski definition) is 0. The van der Waals surface area contributed by atoms with Gasteiger partial charge in [0.15, 0.2) is 0 Å². The van der Waals surface area contributed by atoms with Gasteiger partial charge >= 0.3 is 0 Å². The average molecular weight is 591 g/mol. The van der Waals surface area contributed by atoms with Crippen LogP contribution >= 0.6 is 0 Å². The van der Waals surface area contributed by atoms with Crippen molar-refractivity contribution in [2.45, 2.75) is 43.4 Å². The minimum Gasteiger partial charge on any atom is -0.475 e. The maximum Gasteiger partial charge on any atom is 0.246 e. The molecule has 44 heavy (non-hydrogen) atoms. The number of likely N-dealkylation sites (N-methyl/N-ethyl adjacent to an activating group) is 1. The van der Waals surface area contributed by atoms with Crippen LogP contribution in [0, 0.1) is 23.8 Å². The van der Waals surface area contributed by atoms with Gasteiger partial charge in [-0.1, -0.05) is 36.9 Å². The largest absolute Gasteiger partial charge is 0.475 e. The summed E-state index contributed by atoms with van der Waals surface area (Å²) in [5, 5.41) is 11.3. The van der Waals surface area contributed by atoms with Crippen LogP contribution in [0.2, 0.25) is 0 Å². The first-order chi connectivity index (χ1) is 21.4. The summed E-state index contributed by atoms with van der Waals surface area (Å²) < 4.78 is 20.4. The number of benzene rings is 2. The van der Waals surface area contributed by atoms with Crippen molar-refractivity contribution >= 4 is 22.5 Å². The van der Waals surface area contributed by atoms with Crippen LogP contribution < -0.4 is 9.64 Å². The maximum atomic E-state index is 14.1. The van der Waals surface area contributed by atoms with Crippen LogP contribution in [0.25, 0.3) is 26.9 Å². The van der Waals surface area contributed by atoms with Crippen molar-refractivity contribution < 1.29 is 13.9 Å². The van der Waals surface area contributed by atoms with Crippen molar-refractivity contribution in [2.75, 3.05) is 51.3 Å². The molecule has 1 aromatic heterocycles. The minimum atomic E-state index is -0.903. The molecule has 4 aliphatic rings. The predicted octanol–water partition coefficient (Wildman–Crippen LogP) is 4.98. The topological polar surface area (TPSA) is 77.1 Å². The Kier molecular flexibility index (Phi) is 7.22. The lowest BCUT2D eigenvalue weighted by molar-refractivity contribution is -0.128. The normalized spacial score (nSPS) is 25.7. The second-order valence-corrected chi connectivity index (χ2v) is 12.6. The molecule has 224 valence electrons. The molecule has 1 saturated carbocycles. The number of carbonyl (C=O) groups is 1. The molecule has 3 heterocycles. The molecule has 0 bridgehead atoms. The van der Waals surface area contributed by atoms with Crippen molar-refractivity contribution in [2.24, 2.45) is 5.92 Å². The highest BCUT2D eigenvalue weighted by molar-refractivity contribution is 5.98. The van der Waals surface area contributed by atoms with Crippen LogP contribution in [0.5, 0.6) is 5.88 Å². The highest BCUT2D eigenvalue weighted by Gasteiger charge is 2.46. The van der Waals surface area contributed by atoms with Gasteiger partial charge in [-0.25, -0.2) is 15.9 Å². The Morgan fingerprint density at radius 1 is 1.25 bits per heavy atom. The molecule has 0 N–H and O–H groups in total. The Morgan fingerprint density at radius 3 is 2.86 bits per heavy atom. The Balaban J connectivity index is 1.32. The van der Waals surface area contributed by atoms with Gasteiger partial charge in [-0.15, -0.1) is 0 Å². The molecule has 7 rings (SSSR count). The first-order valence-electron chi connectivity index (χ1n) is 15.4. The molecule has 0 radical (unpaired) electrons. The standard InChI is InChI=1S/C35H35FN6O2/c1-4-32(43)42-11-10-41(19-26(42)17-38-2)34-28-9-8-21(27-7-5-6-22-12-23-13-29(23)33(22)27)14-31(28)39-35(30(34)16-37)44-20-25-15-24(36)18-40(25)3/h4-9,14,23-26,29H,1,10-13,15,17-20H2,3H3/t23?,24-,25+,26+,29?/m1/s1. The van der Waals surface area contributed by atoms with Crippen LogP contribution in [0.3, 0.4) is 0 Å². The number of anilines is 1. The molecule has 2 aliphatic heterocycles. The summed E-state index contributed by atoms with van der Waals surface area (Å²) in [4.78, 5) is 26.8.